The Balaban J connectivity index is 1.91. The van der Waals surface area contributed by atoms with Crippen LogP contribution in [0.5, 0.6) is 0 Å². The summed E-state index contributed by atoms with van der Waals surface area (Å²) < 4.78 is 0. The van der Waals surface area contributed by atoms with Gasteiger partial charge in [0.25, 0.3) is 0 Å². The largest absolute Gasteiger partial charge is 0.393 e. The van der Waals surface area contributed by atoms with Crippen LogP contribution >= 0.6 is 0 Å². The molecule has 1 atom stereocenters. The third-order valence-corrected chi connectivity index (χ3v) is 4.38. The molecule has 1 N–H and O–H groups in total. The minimum absolute atomic E-state index is 0.262. The molecule has 0 aliphatic carbocycles. The molecule has 4 heteroatoms. The first-order valence-corrected chi connectivity index (χ1v) is 7.47. The topological polar surface area (TPSA) is 53.4 Å². The van der Waals surface area contributed by atoms with Crippen LogP contribution in [0.1, 0.15) is 30.1 Å². The molecule has 0 bridgehead atoms. The summed E-state index contributed by atoms with van der Waals surface area (Å²) in [5.74, 6) is 1.12. The zero-order chi connectivity index (χ0) is 14.8. The molecule has 2 heterocycles. The van der Waals surface area contributed by atoms with Gasteiger partial charge in [-0.05, 0) is 37.8 Å². The molecule has 110 valence electrons. The van der Waals surface area contributed by atoms with E-state index < -0.39 is 0 Å². The molecule has 1 unspecified atom stereocenters. The van der Waals surface area contributed by atoms with Gasteiger partial charge in [0.15, 0.2) is 6.29 Å². The molecule has 1 aliphatic rings. The Morgan fingerprint density at radius 1 is 1.33 bits per heavy atom. The number of carbonyl (C=O) groups is 1. The van der Waals surface area contributed by atoms with E-state index in [0.717, 1.165) is 48.9 Å². The number of anilines is 1. The molecule has 0 spiro atoms. The van der Waals surface area contributed by atoms with E-state index >= 15 is 0 Å². The second-order valence-electron chi connectivity index (χ2n) is 5.78. The monoisotopic (exact) mass is 284 g/mol. The molecular formula is C17H20N2O2. The van der Waals surface area contributed by atoms with Crippen LogP contribution in [0.25, 0.3) is 10.9 Å². The summed E-state index contributed by atoms with van der Waals surface area (Å²) >= 11 is 0. The first-order valence-electron chi connectivity index (χ1n) is 7.47. The molecule has 1 aliphatic heterocycles. The van der Waals surface area contributed by atoms with Gasteiger partial charge in [0, 0.05) is 18.5 Å². The van der Waals surface area contributed by atoms with Crippen molar-refractivity contribution in [2.45, 2.75) is 25.9 Å². The molecule has 0 amide bonds. The Hall–Kier alpha value is -1.94. The first kappa shape index (κ1) is 14.0. The van der Waals surface area contributed by atoms with Gasteiger partial charge in [0.05, 0.1) is 17.2 Å². The van der Waals surface area contributed by atoms with Gasteiger partial charge in [0.1, 0.15) is 5.82 Å². The molecule has 2 aromatic rings. The second-order valence-corrected chi connectivity index (χ2v) is 5.78. The Kier molecular flexibility index (Phi) is 3.88. The van der Waals surface area contributed by atoms with E-state index in [9.17, 15) is 9.90 Å². The number of hydrogen-bond donors (Lipinski definition) is 1. The quantitative estimate of drug-likeness (QED) is 0.880. The van der Waals surface area contributed by atoms with Crippen molar-refractivity contribution in [1.82, 2.24) is 4.98 Å². The van der Waals surface area contributed by atoms with Crippen LogP contribution in [0.3, 0.4) is 0 Å². The predicted octanol–water partition coefficient (Wildman–Crippen LogP) is 2.64. The van der Waals surface area contributed by atoms with E-state index in [1.54, 1.807) is 0 Å². The summed E-state index contributed by atoms with van der Waals surface area (Å²) in [6.45, 7) is 3.52. The van der Waals surface area contributed by atoms with Crippen LogP contribution in [-0.4, -0.2) is 35.6 Å². The SMILES string of the molecule is CC(O)C1CCN(c2nc3ccccc3cc2C=O)CC1. The van der Waals surface area contributed by atoms with Crippen molar-refractivity contribution in [2.75, 3.05) is 18.0 Å². The van der Waals surface area contributed by atoms with Gasteiger partial charge in [-0.3, -0.25) is 4.79 Å². The number of hydrogen-bond acceptors (Lipinski definition) is 4. The number of piperidine rings is 1. The molecule has 4 nitrogen and oxygen atoms in total. The van der Waals surface area contributed by atoms with Crippen molar-refractivity contribution >= 4 is 23.0 Å². The number of fused-ring (bicyclic) bond motifs is 1. The number of aliphatic hydroxyl groups excluding tert-OH is 1. The number of pyridine rings is 1. The minimum atomic E-state index is -0.262. The zero-order valence-corrected chi connectivity index (χ0v) is 12.2. The number of aldehydes is 1. The van der Waals surface area contributed by atoms with Crippen molar-refractivity contribution in [3.8, 4) is 0 Å². The fraction of sp³-hybridized carbons (Fsp3) is 0.412. The lowest BCUT2D eigenvalue weighted by molar-refractivity contribution is 0.109. The van der Waals surface area contributed by atoms with Crippen molar-refractivity contribution in [3.63, 3.8) is 0 Å². The summed E-state index contributed by atoms with van der Waals surface area (Å²) in [4.78, 5) is 18.2. The summed E-state index contributed by atoms with van der Waals surface area (Å²) in [6, 6.07) is 9.76. The molecule has 1 saturated heterocycles. The van der Waals surface area contributed by atoms with Gasteiger partial charge in [-0.1, -0.05) is 18.2 Å². The van der Waals surface area contributed by atoms with Crippen molar-refractivity contribution in [3.05, 3.63) is 35.9 Å². The number of aliphatic hydroxyl groups is 1. The smallest absolute Gasteiger partial charge is 0.153 e. The number of nitrogens with zero attached hydrogens (tertiary/aromatic N) is 2. The Morgan fingerprint density at radius 3 is 2.71 bits per heavy atom. The van der Waals surface area contributed by atoms with Crippen LogP contribution in [0.2, 0.25) is 0 Å². The Morgan fingerprint density at radius 2 is 2.05 bits per heavy atom. The van der Waals surface area contributed by atoms with Gasteiger partial charge < -0.3 is 10.0 Å². The van der Waals surface area contributed by atoms with Gasteiger partial charge in [-0.25, -0.2) is 4.98 Å². The maximum Gasteiger partial charge on any atom is 0.153 e. The van der Waals surface area contributed by atoms with E-state index in [1.807, 2.05) is 37.3 Å². The highest BCUT2D eigenvalue weighted by Crippen LogP contribution is 2.28. The van der Waals surface area contributed by atoms with Crippen LogP contribution in [0.15, 0.2) is 30.3 Å². The molecule has 3 rings (SSSR count). The standard InChI is InChI=1S/C17H20N2O2/c1-12(21)13-6-8-19(9-7-13)17-15(11-20)10-14-4-2-3-5-16(14)18-17/h2-5,10-13,21H,6-9H2,1H3. The third-order valence-electron chi connectivity index (χ3n) is 4.38. The number of rotatable bonds is 3. The van der Waals surface area contributed by atoms with E-state index in [0.29, 0.717) is 11.5 Å². The summed E-state index contributed by atoms with van der Waals surface area (Å²) in [6.07, 6.45) is 2.49. The lowest BCUT2D eigenvalue weighted by Crippen LogP contribution is -2.38. The molecule has 1 aromatic carbocycles. The minimum Gasteiger partial charge on any atom is -0.393 e. The van der Waals surface area contributed by atoms with Crippen molar-refractivity contribution < 1.29 is 9.90 Å². The highest BCUT2D eigenvalue weighted by atomic mass is 16.3. The number of benzene rings is 1. The fourth-order valence-corrected chi connectivity index (χ4v) is 3.06. The zero-order valence-electron chi connectivity index (χ0n) is 12.2. The van der Waals surface area contributed by atoms with Crippen LogP contribution in [0.4, 0.5) is 5.82 Å². The second kappa shape index (κ2) is 5.82. The maximum absolute atomic E-state index is 11.4. The molecule has 0 saturated carbocycles. The average molecular weight is 284 g/mol. The van der Waals surface area contributed by atoms with E-state index in [2.05, 4.69) is 9.88 Å². The Bertz CT molecular complexity index is 646. The maximum atomic E-state index is 11.4. The van der Waals surface area contributed by atoms with Crippen LogP contribution in [-0.2, 0) is 0 Å². The normalized spacial score (nSPS) is 17.9. The highest BCUT2D eigenvalue weighted by Gasteiger charge is 2.24. The molecule has 21 heavy (non-hydrogen) atoms. The lowest BCUT2D eigenvalue weighted by atomic mass is 9.92. The summed E-state index contributed by atoms with van der Waals surface area (Å²) in [5.41, 5.74) is 1.56. The lowest BCUT2D eigenvalue weighted by Gasteiger charge is -2.34. The Labute approximate surface area is 124 Å². The summed E-state index contributed by atoms with van der Waals surface area (Å²) in [7, 11) is 0. The van der Waals surface area contributed by atoms with Crippen molar-refractivity contribution in [1.29, 1.82) is 0 Å². The molecule has 1 aromatic heterocycles. The fourth-order valence-electron chi connectivity index (χ4n) is 3.06. The predicted molar refractivity (Wildman–Crippen MR) is 83.7 cm³/mol. The molecule has 0 radical (unpaired) electrons. The van der Waals surface area contributed by atoms with Gasteiger partial charge in [-0.15, -0.1) is 0 Å². The van der Waals surface area contributed by atoms with Gasteiger partial charge in [-0.2, -0.15) is 0 Å². The molecular weight excluding hydrogens is 264 g/mol. The van der Waals surface area contributed by atoms with Gasteiger partial charge >= 0.3 is 0 Å². The first-order chi connectivity index (χ1) is 10.2. The molecule has 1 fully saturated rings. The van der Waals surface area contributed by atoms with Crippen molar-refractivity contribution in [2.24, 2.45) is 5.92 Å². The summed E-state index contributed by atoms with van der Waals surface area (Å²) in [5, 5.41) is 10.7. The average Bonchev–Trinajstić information content (AvgIpc) is 2.53. The van der Waals surface area contributed by atoms with E-state index in [4.69, 9.17) is 0 Å². The van der Waals surface area contributed by atoms with E-state index in [1.165, 1.54) is 0 Å². The number of carbonyl (C=O) groups excluding carboxylic acids is 1. The van der Waals surface area contributed by atoms with Gasteiger partial charge in [0.2, 0.25) is 0 Å². The van der Waals surface area contributed by atoms with Crippen LogP contribution in [0, 0.1) is 5.92 Å². The van der Waals surface area contributed by atoms with E-state index in [-0.39, 0.29) is 6.10 Å². The van der Waals surface area contributed by atoms with Crippen LogP contribution < -0.4 is 4.90 Å². The number of para-hydroxylation sites is 1. The highest BCUT2D eigenvalue weighted by molar-refractivity contribution is 5.91. The number of aromatic nitrogens is 1. The third kappa shape index (κ3) is 2.76.